The minimum atomic E-state index is -1.34. The number of carboxylic acids is 1. The summed E-state index contributed by atoms with van der Waals surface area (Å²) in [6.45, 7) is 0. The lowest BCUT2D eigenvalue weighted by Gasteiger charge is -2.14. The van der Waals surface area contributed by atoms with Gasteiger partial charge in [0.25, 0.3) is 0 Å². The third kappa shape index (κ3) is 4.34. The normalized spacial score (nSPS) is 13.3. The van der Waals surface area contributed by atoms with Crippen LogP contribution in [0.25, 0.3) is 10.9 Å². The van der Waals surface area contributed by atoms with Crippen molar-refractivity contribution in [3.05, 3.63) is 91.7 Å². The number of aromatic nitrogens is 3. The quantitative estimate of drug-likeness (QED) is 0.358. The van der Waals surface area contributed by atoms with Gasteiger partial charge in [0.1, 0.15) is 11.4 Å². The molecule has 2 heterocycles. The number of halogens is 3. The van der Waals surface area contributed by atoms with Gasteiger partial charge in [-0.25, -0.2) is 19.2 Å². The standard InChI is InChI=1S/C24H17Cl2FN4O3/c25-17-4-1-12(8-18(17)26)7-13-5-6-28-24(29-13)30-20-10-21-15(9-19(20)27)22(32)16(23(33)34)11-31(21)14-2-3-14/h1,4-6,8-11,14H,2-3,7H2,(H,33,34)(H,28,29,30). The van der Waals surface area contributed by atoms with Crippen LogP contribution in [0, 0.1) is 5.82 Å². The van der Waals surface area contributed by atoms with Crippen LogP contribution in [0.1, 0.15) is 40.5 Å². The minimum Gasteiger partial charge on any atom is -0.477 e. The maximum atomic E-state index is 15.0. The fourth-order valence-electron chi connectivity index (χ4n) is 3.81. The SMILES string of the molecule is O=C(O)c1cn(C2CC2)c2cc(Nc3nccc(Cc4ccc(Cl)c(Cl)c4)n3)c(F)cc2c1=O. The summed E-state index contributed by atoms with van der Waals surface area (Å²) in [5, 5.41) is 13.2. The zero-order valence-electron chi connectivity index (χ0n) is 17.6. The Morgan fingerprint density at radius 1 is 1.18 bits per heavy atom. The first-order chi connectivity index (χ1) is 16.3. The molecule has 1 fully saturated rings. The number of rotatable bonds is 6. The topological polar surface area (TPSA) is 97.1 Å². The Balaban J connectivity index is 1.50. The number of nitrogens with zero attached hydrogens (tertiary/aromatic N) is 3. The first kappa shape index (κ1) is 22.3. The Hall–Kier alpha value is -3.49. The van der Waals surface area contributed by atoms with Gasteiger partial charge in [0.15, 0.2) is 0 Å². The zero-order valence-corrected chi connectivity index (χ0v) is 19.1. The van der Waals surface area contributed by atoms with E-state index in [0.29, 0.717) is 27.7 Å². The van der Waals surface area contributed by atoms with E-state index in [9.17, 15) is 19.1 Å². The Morgan fingerprint density at radius 3 is 2.68 bits per heavy atom. The lowest BCUT2D eigenvalue weighted by atomic mass is 10.1. The lowest BCUT2D eigenvalue weighted by molar-refractivity contribution is 0.0695. The van der Waals surface area contributed by atoms with E-state index in [4.69, 9.17) is 23.2 Å². The first-order valence-electron chi connectivity index (χ1n) is 10.4. The molecule has 7 nitrogen and oxygen atoms in total. The highest BCUT2D eigenvalue weighted by molar-refractivity contribution is 6.42. The molecule has 1 aliphatic rings. The Morgan fingerprint density at radius 2 is 1.97 bits per heavy atom. The fraction of sp³-hybridized carbons (Fsp3) is 0.167. The number of pyridine rings is 1. The first-order valence-corrected chi connectivity index (χ1v) is 11.2. The molecule has 0 bridgehead atoms. The number of benzene rings is 2. The van der Waals surface area contributed by atoms with Crippen LogP contribution in [0.15, 0.2) is 53.6 Å². The van der Waals surface area contributed by atoms with E-state index >= 15 is 0 Å². The maximum Gasteiger partial charge on any atom is 0.341 e. The summed E-state index contributed by atoms with van der Waals surface area (Å²) in [6.07, 6.45) is 5.07. The van der Waals surface area contributed by atoms with Crippen LogP contribution in [0.2, 0.25) is 10.0 Å². The highest BCUT2D eigenvalue weighted by Gasteiger charge is 2.27. The number of carbonyl (C=O) groups is 1. The van der Waals surface area contributed by atoms with Crippen molar-refractivity contribution in [2.75, 3.05) is 5.32 Å². The molecular formula is C24H17Cl2FN4O3. The number of anilines is 2. The summed E-state index contributed by atoms with van der Waals surface area (Å²) in [7, 11) is 0. The summed E-state index contributed by atoms with van der Waals surface area (Å²) in [5.41, 5.74) is 1.02. The van der Waals surface area contributed by atoms with Gasteiger partial charge in [-0.3, -0.25) is 4.79 Å². The molecule has 0 saturated heterocycles. The lowest BCUT2D eigenvalue weighted by Crippen LogP contribution is -2.19. The second-order valence-electron chi connectivity index (χ2n) is 8.09. The van der Waals surface area contributed by atoms with E-state index in [2.05, 4.69) is 15.3 Å². The van der Waals surface area contributed by atoms with E-state index in [1.807, 2.05) is 6.07 Å². The van der Waals surface area contributed by atoms with Crippen molar-refractivity contribution in [2.45, 2.75) is 25.3 Å². The van der Waals surface area contributed by atoms with Crippen LogP contribution >= 0.6 is 23.2 Å². The van der Waals surface area contributed by atoms with Gasteiger partial charge in [0, 0.05) is 30.2 Å². The molecule has 10 heteroatoms. The Kier molecular flexibility index (Phi) is 5.71. The summed E-state index contributed by atoms with van der Waals surface area (Å²) in [4.78, 5) is 32.8. The maximum absolute atomic E-state index is 15.0. The van der Waals surface area contributed by atoms with E-state index < -0.39 is 17.2 Å². The predicted octanol–water partition coefficient (Wildman–Crippen LogP) is 5.60. The van der Waals surface area contributed by atoms with Gasteiger partial charge in [-0.15, -0.1) is 0 Å². The van der Waals surface area contributed by atoms with Crippen LogP contribution in [-0.4, -0.2) is 25.6 Å². The van der Waals surface area contributed by atoms with Crippen LogP contribution < -0.4 is 10.7 Å². The van der Waals surface area contributed by atoms with Crippen molar-refractivity contribution in [2.24, 2.45) is 0 Å². The van der Waals surface area contributed by atoms with Gasteiger partial charge in [0.2, 0.25) is 11.4 Å². The molecule has 0 aliphatic heterocycles. The minimum absolute atomic E-state index is 0.0177. The molecule has 2 aromatic heterocycles. The molecule has 34 heavy (non-hydrogen) atoms. The summed E-state index contributed by atoms with van der Waals surface area (Å²) >= 11 is 12.1. The molecular weight excluding hydrogens is 482 g/mol. The van der Waals surface area contributed by atoms with Crippen molar-refractivity contribution in [1.29, 1.82) is 0 Å². The third-order valence-corrected chi connectivity index (χ3v) is 6.36. The molecule has 5 rings (SSSR count). The van der Waals surface area contributed by atoms with Crippen LogP contribution in [0.4, 0.5) is 16.0 Å². The number of hydrogen-bond donors (Lipinski definition) is 2. The molecule has 0 atom stereocenters. The summed E-state index contributed by atoms with van der Waals surface area (Å²) < 4.78 is 16.7. The van der Waals surface area contributed by atoms with Crippen molar-refractivity contribution in [3.8, 4) is 0 Å². The number of nitrogens with one attached hydrogen (secondary N) is 1. The molecule has 0 radical (unpaired) electrons. The Bertz CT molecular complexity index is 1520. The highest BCUT2D eigenvalue weighted by atomic mass is 35.5. The Labute approximate surface area is 202 Å². The summed E-state index contributed by atoms with van der Waals surface area (Å²) in [6, 6.07) is 9.67. The van der Waals surface area contributed by atoms with Crippen molar-refractivity contribution >= 4 is 51.7 Å². The van der Waals surface area contributed by atoms with Crippen molar-refractivity contribution in [3.63, 3.8) is 0 Å². The molecule has 2 aromatic carbocycles. The highest BCUT2D eigenvalue weighted by Crippen LogP contribution is 2.38. The van der Waals surface area contributed by atoms with E-state index in [-0.39, 0.29) is 28.6 Å². The molecule has 4 aromatic rings. The average molecular weight is 499 g/mol. The number of aromatic carboxylic acids is 1. The molecule has 0 amide bonds. The van der Waals surface area contributed by atoms with E-state index in [0.717, 1.165) is 24.5 Å². The largest absolute Gasteiger partial charge is 0.477 e. The van der Waals surface area contributed by atoms with Crippen molar-refractivity contribution < 1.29 is 14.3 Å². The molecule has 2 N–H and O–H groups in total. The number of fused-ring (bicyclic) bond motifs is 1. The van der Waals surface area contributed by atoms with Crippen LogP contribution in [0.5, 0.6) is 0 Å². The fourth-order valence-corrected chi connectivity index (χ4v) is 4.13. The molecule has 0 unspecified atom stereocenters. The van der Waals surface area contributed by atoms with E-state index in [1.54, 1.807) is 29.0 Å². The predicted molar refractivity (Wildman–Crippen MR) is 128 cm³/mol. The zero-order chi connectivity index (χ0) is 24.0. The molecule has 172 valence electrons. The second kappa shape index (κ2) is 8.70. The summed E-state index contributed by atoms with van der Waals surface area (Å²) in [5.74, 6) is -1.87. The smallest absolute Gasteiger partial charge is 0.341 e. The average Bonchev–Trinajstić information content (AvgIpc) is 3.63. The molecule has 0 spiro atoms. The van der Waals surface area contributed by atoms with Gasteiger partial charge in [-0.1, -0.05) is 29.3 Å². The molecule has 1 aliphatic carbocycles. The number of carboxylic acid groups (broad SMARTS) is 1. The van der Waals surface area contributed by atoms with Gasteiger partial charge < -0.3 is 15.0 Å². The third-order valence-electron chi connectivity index (χ3n) is 5.62. The van der Waals surface area contributed by atoms with Crippen LogP contribution in [0.3, 0.4) is 0 Å². The van der Waals surface area contributed by atoms with Gasteiger partial charge in [-0.2, -0.15) is 0 Å². The van der Waals surface area contributed by atoms with Crippen LogP contribution in [-0.2, 0) is 6.42 Å². The number of hydrogen-bond acceptors (Lipinski definition) is 5. The van der Waals surface area contributed by atoms with Gasteiger partial charge >= 0.3 is 5.97 Å². The van der Waals surface area contributed by atoms with Gasteiger partial charge in [0.05, 0.1) is 26.9 Å². The van der Waals surface area contributed by atoms with E-state index in [1.165, 1.54) is 12.3 Å². The monoisotopic (exact) mass is 498 g/mol. The van der Waals surface area contributed by atoms with Gasteiger partial charge in [-0.05, 0) is 48.7 Å². The van der Waals surface area contributed by atoms with Crippen molar-refractivity contribution in [1.82, 2.24) is 14.5 Å². The molecule has 1 saturated carbocycles. The second-order valence-corrected chi connectivity index (χ2v) is 8.90.